The summed E-state index contributed by atoms with van der Waals surface area (Å²) in [6.45, 7) is 8.04. The number of rotatable bonds is 8. The molecule has 3 aromatic rings. The molecule has 0 unspecified atom stereocenters. The van der Waals surface area contributed by atoms with E-state index in [9.17, 15) is 9.59 Å². The van der Waals surface area contributed by atoms with Crippen molar-refractivity contribution in [1.82, 2.24) is 14.4 Å². The van der Waals surface area contributed by atoms with Crippen molar-refractivity contribution in [3.63, 3.8) is 0 Å². The molecular weight excluding hydrogens is 460 g/mol. The molecule has 182 valence electrons. The molecule has 0 spiro atoms. The van der Waals surface area contributed by atoms with Gasteiger partial charge in [-0.3, -0.25) is 14.5 Å². The van der Waals surface area contributed by atoms with Crippen LogP contribution < -0.4 is 9.64 Å². The van der Waals surface area contributed by atoms with Crippen LogP contribution in [-0.2, 0) is 16.1 Å². The first-order valence-electron chi connectivity index (χ1n) is 11.8. The van der Waals surface area contributed by atoms with E-state index >= 15 is 0 Å². The van der Waals surface area contributed by atoms with Gasteiger partial charge in [-0.1, -0.05) is 18.2 Å². The number of thiocarbonyl (C=S) groups is 1. The van der Waals surface area contributed by atoms with Crippen LogP contribution in [0.5, 0.6) is 5.75 Å². The van der Waals surface area contributed by atoms with Crippen molar-refractivity contribution in [1.29, 1.82) is 0 Å². The summed E-state index contributed by atoms with van der Waals surface area (Å²) in [7, 11) is 1.80. The van der Waals surface area contributed by atoms with Gasteiger partial charge in [0.15, 0.2) is 5.11 Å². The third kappa shape index (κ3) is 4.66. The monoisotopic (exact) mass is 490 g/mol. The lowest BCUT2D eigenvalue weighted by Crippen LogP contribution is -2.33. The van der Waals surface area contributed by atoms with Crippen LogP contribution in [0.3, 0.4) is 0 Å². The predicted octanol–water partition coefficient (Wildman–Crippen LogP) is 4.51. The molecule has 0 saturated carbocycles. The van der Waals surface area contributed by atoms with Gasteiger partial charge in [-0.15, -0.1) is 0 Å². The van der Waals surface area contributed by atoms with Crippen LogP contribution in [0.25, 0.3) is 17.0 Å². The van der Waals surface area contributed by atoms with Crippen LogP contribution in [0.2, 0.25) is 0 Å². The van der Waals surface area contributed by atoms with Gasteiger partial charge in [-0.2, -0.15) is 0 Å². The molecule has 8 heteroatoms. The topological polar surface area (TPSA) is 58.0 Å². The van der Waals surface area contributed by atoms with Gasteiger partial charge in [-0.25, -0.2) is 0 Å². The first-order chi connectivity index (χ1) is 16.9. The average molecular weight is 491 g/mol. The summed E-state index contributed by atoms with van der Waals surface area (Å²) < 4.78 is 7.46. The number of ether oxygens (including phenoxy) is 1. The zero-order valence-electron chi connectivity index (χ0n) is 20.5. The fourth-order valence-corrected chi connectivity index (χ4v) is 4.62. The maximum absolute atomic E-state index is 13.5. The number of fused-ring (bicyclic) bond motifs is 1. The highest BCUT2D eigenvalue weighted by atomic mass is 32.1. The molecule has 0 radical (unpaired) electrons. The molecule has 2 amide bonds. The van der Waals surface area contributed by atoms with E-state index in [0.717, 1.165) is 22.2 Å². The van der Waals surface area contributed by atoms with Gasteiger partial charge < -0.3 is 19.1 Å². The summed E-state index contributed by atoms with van der Waals surface area (Å²) in [5.74, 6) is 0.606. The minimum Gasteiger partial charge on any atom is -0.494 e. The van der Waals surface area contributed by atoms with E-state index in [1.54, 1.807) is 11.9 Å². The molecule has 0 N–H and O–H groups in total. The molecule has 0 bridgehead atoms. The molecule has 1 saturated heterocycles. The highest BCUT2D eigenvalue weighted by Crippen LogP contribution is 2.31. The van der Waals surface area contributed by atoms with Crippen LogP contribution in [0.1, 0.15) is 26.3 Å². The number of hydrogen-bond acceptors (Lipinski definition) is 4. The number of likely N-dealkylation sites (N-methyl/N-ethyl adjacent to an activating group) is 2. The summed E-state index contributed by atoms with van der Waals surface area (Å²) in [6, 6.07) is 15.2. The number of anilines is 1. The Morgan fingerprint density at radius 1 is 1.06 bits per heavy atom. The van der Waals surface area contributed by atoms with Crippen molar-refractivity contribution in [2.24, 2.45) is 0 Å². The zero-order chi connectivity index (χ0) is 25.1. The number of carbonyl (C=O) groups excluding carboxylic acids is 2. The minimum absolute atomic E-state index is 0.0619. The van der Waals surface area contributed by atoms with Crippen LogP contribution in [0.15, 0.2) is 60.4 Å². The van der Waals surface area contributed by atoms with Gasteiger partial charge >= 0.3 is 0 Å². The fraction of sp³-hybridized carbons (Fsp3) is 0.296. The maximum Gasteiger partial charge on any atom is 0.281 e. The summed E-state index contributed by atoms with van der Waals surface area (Å²) in [4.78, 5) is 31.3. The summed E-state index contributed by atoms with van der Waals surface area (Å²) in [6.07, 6.45) is 3.78. The van der Waals surface area contributed by atoms with E-state index in [0.29, 0.717) is 36.2 Å². The summed E-state index contributed by atoms with van der Waals surface area (Å²) >= 11 is 5.62. The Kier molecular flexibility index (Phi) is 7.21. The smallest absolute Gasteiger partial charge is 0.281 e. The quantitative estimate of drug-likeness (QED) is 0.343. The SMILES string of the molecule is CCOc1ccc(N2C(=O)/C(=C/c3cn(CC(=O)N(CC)CC)c4ccccc34)N(C)C2=S)cc1. The third-order valence-corrected chi connectivity index (χ3v) is 6.66. The fourth-order valence-electron chi connectivity index (χ4n) is 4.33. The lowest BCUT2D eigenvalue weighted by Gasteiger charge is -2.19. The van der Waals surface area contributed by atoms with Crippen molar-refractivity contribution in [2.75, 3.05) is 31.6 Å². The Labute approximate surface area is 211 Å². The lowest BCUT2D eigenvalue weighted by atomic mass is 10.1. The molecule has 1 fully saturated rings. The van der Waals surface area contributed by atoms with Crippen LogP contribution >= 0.6 is 12.2 Å². The number of hydrogen-bond donors (Lipinski definition) is 0. The third-order valence-electron chi connectivity index (χ3n) is 6.20. The van der Waals surface area contributed by atoms with Gasteiger partial charge in [0.2, 0.25) is 5.91 Å². The molecule has 35 heavy (non-hydrogen) atoms. The molecule has 1 aromatic heterocycles. The average Bonchev–Trinajstić information content (AvgIpc) is 3.30. The van der Waals surface area contributed by atoms with Crippen molar-refractivity contribution >= 4 is 51.8 Å². The molecule has 2 aromatic carbocycles. The Morgan fingerprint density at radius 3 is 2.40 bits per heavy atom. The van der Waals surface area contributed by atoms with Crippen LogP contribution in [-0.4, -0.2) is 58.0 Å². The van der Waals surface area contributed by atoms with E-state index in [1.165, 1.54) is 4.90 Å². The van der Waals surface area contributed by atoms with Crippen molar-refractivity contribution in [3.8, 4) is 5.75 Å². The highest BCUT2D eigenvalue weighted by molar-refractivity contribution is 7.80. The molecule has 7 nitrogen and oxygen atoms in total. The standard InChI is InChI=1S/C27H30N4O3S/c1-5-29(6-2)25(32)18-30-17-19(22-10-8-9-11-23(22)30)16-24-26(33)31(27(35)28(24)4)20-12-14-21(15-13-20)34-7-3/h8-17H,5-7,18H2,1-4H3/b24-16-. The Bertz CT molecular complexity index is 1290. The minimum atomic E-state index is -0.197. The van der Waals surface area contributed by atoms with Gasteiger partial charge in [0.05, 0.1) is 12.3 Å². The molecule has 0 aliphatic carbocycles. The second kappa shape index (κ2) is 10.3. The Balaban J connectivity index is 1.69. The second-order valence-corrected chi connectivity index (χ2v) is 8.60. The number of carbonyl (C=O) groups is 2. The van der Waals surface area contributed by atoms with E-state index in [4.69, 9.17) is 17.0 Å². The second-order valence-electron chi connectivity index (χ2n) is 8.23. The van der Waals surface area contributed by atoms with E-state index in [2.05, 4.69) is 0 Å². The van der Waals surface area contributed by atoms with Gasteiger partial charge in [0.1, 0.15) is 18.0 Å². The highest BCUT2D eigenvalue weighted by Gasteiger charge is 2.37. The number of amides is 2. The largest absolute Gasteiger partial charge is 0.494 e. The molecule has 2 heterocycles. The molecule has 4 rings (SSSR count). The molecule has 1 aliphatic rings. The maximum atomic E-state index is 13.5. The van der Waals surface area contributed by atoms with Crippen molar-refractivity contribution in [2.45, 2.75) is 27.3 Å². The van der Waals surface area contributed by atoms with E-state index in [-0.39, 0.29) is 18.4 Å². The Hall–Kier alpha value is -3.65. The first-order valence-corrected chi connectivity index (χ1v) is 12.2. The normalized spacial score (nSPS) is 14.9. The molecular formula is C27H30N4O3S. The van der Waals surface area contributed by atoms with Crippen LogP contribution in [0.4, 0.5) is 5.69 Å². The van der Waals surface area contributed by atoms with E-state index < -0.39 is 0 Å². The summed E-state index contributed by atoms with van der Waals surface area (Å²) in [5, 5.41) is 1.38. The number of benzene rings is 2. The van der Waals surface area contributed by atoms with Crippen molar-refractivity contribution in [3.05, 3.63) is 66.0 Å². The lowest BCUT2D eigenvalue weighted by molar-refractivity contribution is -0.131. The van der Waals surface area contributed by atoms with Gasteiger partial charge in [0.25, 0.3) is 5.91 Å². The number of nitrogens with zero attached hydrogens (tertiary/aromatic N) is 4. The van der Waals surface area contributed by atoms with Gasteiger partial charge in [0, 0.05) is 42.8 Å². The van der Waals surface area contributed by atoms with Gasteiger partial charge in [-0.05, 0) is 69.4 Å². The zero-order valence-corrected chi connectivity index (χ0v) is 21.3. The Morgan fingerprint density at radius 2 is 1.74 bits per heavy atom. The van der Waals surface area contributed by atoms with E-state index in [1.807, 2.05) is 91.0 Å². The summed E-state index contributed by atoms with van der Waals surface area (Å²) in [5.41, 5.74) is 2.96. The predicted molar refractivity (Wildman–Crippen MR) is 143 cm³/mol. The van der Waals surface area contributed by atoms with Crippen LogP contribution in [0, 0.1) is 0 Å². The first kappa shape index (κ1) is 24.5. The molecule has 1 aliphatic heterocycles. The number of aromatic nitrogens is 1. The number of para-hydroxylation sites is 1. The molecule has 0 atom stereocenters. The van der Waals surface area contributed by atoms with Crippen molar-refractivity contribution < 1.29 is 14.3 Å².